The van der Waals surface area contributed by atoms with E-state index >= 15 is 0 Å². The molecule has 3 nitrogen and oxygen atoms in total. The van der Waals surface area contributed by atoms with Crippen molar-refractivity contribution >= 4 is 10.0 Å². The molecule has 2 aromatic rings. The summed E-state index contributed by atoms with van der Waals surface area (Å²) in [5, 5.41) is 0. The summed E-state index contributed by atoms with van der Waals surface area (Å²) < 4.78 is 27.6. The summed E-state index contributed by atoms with van der Waals surface area (Å²) in [5.41, 5.74) is 3.70. The molecule has 0 aliphatic rings. The van der Waals surface area contributed by atoms with Crippen molar-refractivity contribution in [2.45, 2.75) is 39.1 Å². The van der Waals surface area contributed by atoms with Gasteiger partial charge in [0.2, 0.25) is 10.0 Å². The molecule has 4 heteroatoms. The molecule has 2 aromatic carbocycles. The van der Waals surface area contributed by atoms with Crippen molar-refractivity contribution in [3.8, 4) is 0 Å². The molecule has 0 saturated heterocycles. The van der Waals surface area contributed by atoms with Crippen molar-refractivity contribution in [2.75, 3.05) is 6.54 Å². The van der Waals surface area contributed by atoms with E-state index in [9.17, 15) is 8.42 Å². The van der Waals surface area contributed by atoms with E-state index in [0.29, 0.717) is 18.0 Å². The third kappa shape index (κ3) is 3.39. The lowest BCUT2D eigenvalue weighted by Gasteiger charge is -2.23. The predicted octanol–water partition coefficient (Wildman–Crippen LogP) is 3.82. The molecule has 0 unspecified atom stereocenters. The minimum atomic E-state index is -3.49. The zero-order valence-corrected chi connectivity index (χ0v) is 14.4. The maximum atomic E-state index is 13.0. The molecular formula is C18H23NO2S. The Morgan fingerprint density at radius 3 is 2.00 bits per heavy atom. The zero-order valence-electron chi connectivity index (χ0n) is 13.6. The van der Waals surface area contributed by atoms with Gasteiger partial charge in [0, 0.05) is 13.1 Å². The molecule has 0 heterocycles. The van der Waals surface area contributed by atoms with Crippen LogP contribution in [0.4, 0.5) is 0 Å². The first kappa shape index (κ1) is 16.7. The van der Waals surface area contributed by atoms with Crippen LogP contribution in [0.3, 0.4) is 0 Å². The Hall–Kier alpha value is -1.65. The molecule has 0 aliphatic carbocycles. The van der Waals surface area contributed by atoms with Crippen molar-refractivity contribution in [2.24, 2.45) is 0 Å². The van der Waals surface area contributed by atoms with Gasteiger partial charge in [0.15, 0.2) is 0 Å². The fraction of sp³-hybridized carbons (Fsp3) is 0.333. The van der Waals surface area contributed by atoms with Gasteiger partial charge in [-0.3, -0.25) is 0 Å². The molecule has 0 spiro atoms. The van der Waals surface area contributed by atoms with Gasteiger partial charge in [-0.15, -0.1) is 0 Å². The van der Waals surface area contributed by atoms with Crippen molar-refractivity contribution in [3.05, 3.63) is 64.7 Å². The lowest BCUT2D eigenvalue weighted by Crippen LogP contribution is -2.31. The Morgan fingerprint density at radius 1 is 0.955 bits per heavy atom. The van der Waals surface area contributed by atoms with E-state index in [4.69, 9.17) is 0 Å². The van der Waals surface area contributed by atoms with E-state index in [1.165, 1.54) is 4.31 Å². The lowest BCUT2D eigenvalue weighted by atomic mass is 10.1. The topological polar surface area (TPSA) is 37.4 Å². The average Bonchev–Trinajstić information content (AvgIpc) is 2.44. The van der Waals surface area contributed by atoms with Gasteiger partial charge < -0.3 is 0 Å². The second-order valence-corrected chi connectivity index (χ2v) is 7.52. The largest absolute Gasteiger partial charge is 0.243 e. The Bertz CT molecular complexity index is 729. The number of aryl methyl sites for hydroxylation is 3. The van der Waals surface area contributed by atoms with Crippen LogP contribution in [0.15, 0.2) is 47.4 Å². The highest BCUT2D eigenvalue weighted by atomic mass is 32.2. The summed E-state index contributed by atoms with van der Waals surface area (Å²) in [5.74, 6) is 0. The lowest BCUT2D eigenvalue weighted by molar-refractivity contribution is 0.422. The molecule has 0 bridgehead atoms. The molecule has 0 amide bonds. The fourth-order valence-electron chi connectivity index (χ4n) is 2.86. The van der Waals surface area contributed by atoms with Gasteiger partial charge in [-0.05, 0) is 37.5 Å². The summed E-state index contributed by atoms with van der Waals surface area (Å²) >= 11 is 0. The Balaban J connectivity index is 2.44. The van der Waals surface area contributed by atoms with Crippen molar-refractivity contribution in [1.29, 1.82) is 0 Å². The van der Waals surface area contributed by atoms with E-state index in [0.717, 1.165) is 22.3 Å². The van der Waals surface area contributed by atoms with Crippen LogP contribution in [0.5, 0.6) is 0 Å². The van der Waals surface area contributed by atoms with Crippen LogP contribution in [-0.2, 0) is 16.6 Å². The third-order valence-electron chi connectivity index (χ3n) is 3.76. The maximum Gasteiger partial charge on any atom is 0.243 e. The SMILES string of the molecule is CCN(Cc1ccccc1)S(=O)(=O)c1c(C)cc(C)cc1C. The van der Waals surface area contributed by atoms with Crippen LogP contribution in [0.25, 0.3) is 0 Å². The molecule has 0 radical (unpaired) electrons. The maximum absolute atomic E-state index is 13.0. The molecule has 0 atom stereocenters. The van der Waals surface area contributed by atoms with Gasteiger partial charge in [-0.25, -0.2) is 8.42 Å². The summed E-state index contributed by atoms with van der Waals surface area (Å²) in [6, 6.07) is 13.5. The number of hydrogen-bond donors (Lipinski definition) is 0. The monoisotopic (exact) mass is 317 g/mol. The minimum Gasteiger partial charge on any atom is -0.207 e. The molecule has 118 valence electrons. The standard InChI is InChI=1S/C18H23NO2S/c1-5-19(13-17-9-7-6-8-10-17)22(20,21)18-15(3)11-14(2)12-16(18)4/h6-12H,5,13H2,1-4H3. The molecule has 0 N–H and O–H groups in total. The normalized spacial score (nSPS) is 11.9. The molecule has 0 aliphatic heterocycles. The fourth-order valence-corrected chi connectivity index (χ4v) is 4.71. The van der Waals surface area contributed by atoms with Crippen LogP contribution in [0, 0.1) is 20.8 Å². The number of nitrogens with zero attached hydrogens (tertiary/aromatic N) is 1. The van der Waals surface area contributed by atoms with E-state index in [2.05, 4.69) is 0 Å². The van der Waals surface area contributed by atoms with Crippen LogP contribution < -0.4 is 0 Å². The minimum absolute atomic E-state index is 0.395. The Kier molecular flexibility index (Phi) is 5.04. The number of sulfonamides is 1. The van der Waals surface area contributed by atoms with Gasteiger partial charge in [0.1, 0.15) is 0 Å². The predicted molar refractivity (Wildman–Crippen MR) is 90.4 cm³/mol. The second kappa shape index (κ2) is 6.63. The van der Waals surface area contributed by atoms with Crippen molar-refractivity contribution in [1.82, 2.24) is 4.31 Å². The van der Waals surface area contributed by atoms with Crippen LogP contribution in [-0.4, -0.2) is 19.3 Å². The van der Waals surface area contributed by atoms with Gasteiger partial charge in [0.05, 0.1) is 4.90 Å². The van der Waals surface area contributed by atoms with Gasteiger partial charge in [-0.2, -0.15) is 4.31 Å². The van der Waals surface area contributed by atoms with Crippen LogP contribution >= 0.6 is 0 Å². The van der Waals surface area contributed by atoms with Gasteiger partial charge >= 0.3 is 0 Å². The first-order chi connectivity index (χ1) is 10.4. The smallest absolute Gasteiger partial charge is 0.207 e. The van der Waals surface area contributed by atoms with Crippen LogP contribution in [0.2, 0.25) is 0 Å². The molecule has 0 fully saturated rings. The highest BCUT2D eigenvalue weighted by Crippen LogP contribution is 2.26. The molecular weight excluding hydrogens is 294 g/mol. The average molecular weight is 317 g/mol. The quantitative estimate of drug-likeness (QED) is 0.840. The summed E-state index contributed by atoms with van der Waals surface area (Å²) in [6.45, 7) is 8.43. The first-order valence-electron chi connectivity index (χ1n) is 7.48. The van der Waals surface area contributed by atoms with E-state index in [1.807, 2.05) is 70.2 Å². The highest BCUT2D eigenvalue weighted by Gasteiger charge is 2.26. The summed E-state index contributed by atoms with van der Waals surface area (Å²) in [4.78, 5) is 0.441. The number of rotatable bonds is 5. The zero-order chi connectivity index (χ0) is 16.3. The molecule has 2 rings (SSSR count). The number of hydrogen-bond acceptors (Lipinski definition) is 2. The van der Waals surface area contributed by atoms with Crippen molar-refractivity contribution < 1.29 is 8.42 Å². The molecule has 22 heavy (non-hydrogen) atoms. The van der Waals surface area contributed by atoms with E-state index in [-0.39, 0.29) is 0 Å². The van der Waals surface area contributed by atoms with Crippen molar-refractivity contribution in [3.63, 3.8) is 0 Å². The Morgan fingerprint density at radius 2 is 1.50 bits per heavy atom. The highest BCUT2D eigenvalue weighted by molar-refractivity contribution is 7.89. The second-order valence-electron chi connectivity index (χ2n) is 5.64. The molecule has 0 aromatic heterocycles. The van der Waals surface area contributed by atoms with E-state index < -0.39 is 10.0 Å². The van der Waals surface area contributed by atoms with Gasteiger partial charge in [0.25, 0.3) is 0 Å². The summed E-state index contributed by atoms with van der Waals surface area (Å²) in [7, 11) is -3.49. The van der Waals surface area contributed by atoms with E-state index in [1.54, 1.807) is 0 Å². The number of benzene rings is 2. The van der Waals surface area contributed by atoms with Gasteiger partial charge in [-0.1, -0.05) is 55.0 Å². The molecule has 0 saturated carbocycles. The Labute approximate surface area is 133 Å². The van der Waals surface area contributed by atoms with Crippen LogP contribution in [0.1, 0.15) is 29.2 Å². The third-order valence-corrected chi connectivity index (χ3v) is 5.98. The summed E-state index contributed by atoms with van der Waals surface area (Å²) in [6.07, 6.45) is 0. The first-order valence-corrected chi connectivity index (χ1v) is 8.92.